The monoisotopic (exact) mass is 274 g/mol. The Labute approximate surface area is 110 Å². The highest BCUT2D eigenvalue weighted by molar-refractivity contribution is 5.35. The van der Waals surface area contributed by atoms with Gasteiger partial charge in [0.2, 0.25) is 0 Å². The van der Waals surface area contributed by atoms with Crippen molar-refractivity contribution in [2.75, 3.05) is 0 Å². The molecule has 1 aliphatic rings. The number of hydrogen-bond donors (Lipinski definition) is 1. The molecule has 5 heteroatoms. The Hall–Kier alpha value is -1.07. The molecular weight excluding hydrogens is 257 g/mol. The predicted molar refractivity (Wildman–Crippen MR) is 64.8 cm³/mol. The number of hydrogen-bond acceptors (Lipinski definition) is 2. The Kier molecular flexibility index (Phi) is 3.87. The first-order chi connectivity index (χ1) is 8.80. The quantitative estimate of drug-likeness (QED) is 0.893. The molecule has 0 bridgehead atoms. The molecule has 2 nitrogen and oxygen atoms in total. The zero-order chi connectivity index (χ0) is 14.2. The molecule has 0 heterocycles. The van der Waals surface area contributed by atoms with Crippen LogP contribution in [0.25, 0.3) is 0 Å². The summed E-state index contributed by atoms with van der Waals surface area (Å²) >= 11 is 0. The molecule has 1 aromatic carbocycles. The minimum Gasteiger partial charge on any atom is -0.386 e. The molecule has 0 saturated carbocycles. The van der Waals surface area contributed by atoms with Crippen molar-refractivity contribution in [2.24, 2.45) is 0 Å². The molecule has 0 spiro atoms. The highest BCUT2D eigenvalue weighted by atomic mass is 19.4. The van der Waals surface area contributed by atoms with Gasteiger partial charge in [0.25, 0.3) is 0 Å². The van der Waals surface area contributed by atoms with Crippen LogP contribution in [-0.4, -0.2) is 23.5 Å². The zero-order valence-corrected chi connectivity index (χ0v) is 10.8. The Balaban J connectivity index is 2.18. The molecule has 0 saturated heterocycles. The van der Waals surface area contributed by atoms with Crippen LogP contribution in [0.2, 0.25) is 0 Å². The maximum atomic E-state index is 12.5. The number of halogens is 3. The van der Waals surface area contributed by atoms with Gasteiger partial charge in [-0.3, -0.25) is 0 Å². The average Bonchev–Trinajstić information content (AvgIpc) is 2.34. The average molecular weight is 274 g/mol. The summed E-state index contributed by atoms with van der Waals surface area (Å²) in [5.74, 6) is 0.0741. The van der Waals surface area contributed by atoms with Gasteiger partial charge in [0.15, 0.2) is 6.10 Å². The molecule has 4 atom stereocenters. The Morgan fingerprint density at radius 3 is 2.42 bits per heavy atom. The SMILES string of the molecule is CC1CC(OC(C)C(F)(F)F)C(O)c2ccccc21. The fourth-order valence-electron chi connectivity index (χ4n) is 2.50. The molecule has 0 radical (unpaired) electrons. The van der Waals surface area contributed by atoms with Crippen molar-refractivity contribution >= 4 is 0 Å². The molecule has 106 valence electrons. The third kappa shape index (κ3) is 2.92. The van der Waals surface area contributed by atoms with E-state index in [-0.39, 0.29) is 5.92 Å². The number of benzene rings is 1. The standard InChI is InChI=1S/C14H17F3O2/c1-8-7-12(19-9(2)14(15,16)17)13(18)11-6-4-3-5-10(8)11/h3-6,8-9,12-13,18H,7H2,1-2H3. The third-order valence-electron chi connectivity index (χ3n) is 3.62. The molecular formula is C14H17F3O2. The van der Waals surface area contributed by atoms with E-state index >= 15 is 0 Å². The molecule has 4 unspecified atom stereocenters. The zero-order valence-electron chi connectivity index (χ0n) is 10.8. The Morgan fingerprint density at radius 2 is 1.84 bits per heavy atom. The van der Waals surface area contributed by atoms with Gasteiger partial charge in [0.05, 0.1) is 6.10 Å². The molecule has 1 aromatic rings. The van der Waals surface area contributed by atoms with Gasteiger partial charge in [0.1, 0.15) is 6.10 Å². The van der Waals surface area contributed by atoms with Gasteiger partial charge in [-0.2, -0.15) is 13.2 Å². The first-order valence-electron chi connectivity index (χ1n) is 6.29. The lowest BCUT2D eigenvalue weighted by Gasteiger charge is -2.35. The number of alkyl halides is 3. The van der Waals surface area contributed by atoms with Gasteiger partial charge < -0.3 is 9.84 Å². The van der Waals surface area contributed by atoms with Crippen molar-refractivity contribution in [2.45, 2.75) is 50.7 Å². The highest BCUT2D eigenvalue weighted by Crippen LogP contribution is 2.40. The molecule has 0 aliphatic heterocycles. The second-order valence-electron chi connectivity index (χ2n) is 5.07. The summed E-state index contributed by atoms with van der Waals surface area (Å²) in [4.78, 5) is 0. The van der Waals surface area contributed by atoms with Gasteiger partial charge in [-0.05, 0) is 30.4 Å². The van der Waals surface area contributed by atoms with Crippen molar-refractivity contribution < 1.29 is 23.0 Å². The van der Waals surface area contributed by atoms with Crippen molar-refractivity contribution in [1.82, 2.24) is 0 Å². The normalized spacial score (nSPS) is 28.8. The van der Waals surface area contributed by atoms with Gasteiger partial charge in [-0.15, -0.1) is 0 Å². The fraction of sp³-hybridized carbons (Fsp3) is 0.571. The van der Waals surface area contributed by atoms with Crippen LogP contribution in [-0.2, 0) is 4.74 Å². The summed E-state index contributed by atoms with van der Waals surface area (Å²) in [6.07, 6.45) is -7.71. The van der Waals surface area contributed by atoms with E-state index < -0.39 is 24.5 Å². The van der Waals surface area contributed by atoms with Crippen molar-refractivity contribution in [3.8, 4) is 0 Å². The molecule has 0 fully saturated rings. The maximum absolute atomic E-state index is 12.5. The van der Waals surface area contributed by atoms with Crippen LogP contribution in [0.1, 0.15) is 43.4 Å². The van der Waals surface area contributed by atoms with Crippen LogP contribution in [0, 0.1) is 0 Å². The molecule has 19 heavy (non-hydrogen) atoms. The van der Waals surface area contributed by atoms with Crippen LogP contribution < -0.4 is 0 Å². The lowest BCUT2D eigenvalue weighted by Crippen LogP contribution is -2.38. The van der Waals surface area contributed by atoms with Gasteiger partial charge >= 0.3 is 6.18 Å². The first kappa shape index (κ1) is 14.3. The number of aliphatic hydroxyl groups excluding tert-OH is 1. The van der Waals surface area contributed by atoms with E-state index in [0.29, 0.717) is 12.0 Å². The largest absolute Gasteiger partial charge is 0.414 e. The third-order valence-corrected chi connectivity index (χ3v) is 3.62. The predicted octanol–water partition coefficient (Wildman–Crippen LogP) is 3.56. The van der Waals surface area contributed by atoms with Crippen LogP contribution in [0.4, 0.5) is 13.2 Å². The van der Waals surface area contributed by atoms with E-state index in [0.717, 1.165) is 12.5 Å². The Morgan fingerprint density at radius 1 is 1.26 bits per heavy atom. The molecule has 2 rings (SSSR count). The summed E-state index contributed by atoms with van der Waals surface area (Å²) in [6.45, 7) is 2.90. The van der Waals surface area contributed by atoms with Gasteiger partial charge in [-0.25, -0.2) is 0 Å². The minimum absolute atomic E-state index is 0.0741. The molecule has 1 N–H and O–H groups in total. The second kappa shape index (κ2) is 5.13. The number of rotatable bonds is 2. The second-order valence-corrected chi connectivity index (χ2v) is 5.07. The van der Waals surface area contributed by atoms with Crippen LogP contribution >= 0.6 is 0 Å². The molecule has 0 amide bonds. The lowest BCUT2D eigenvalue weighted by molar-refractivity contribution is -0.238. The minimum atomic E-state index is -4.40. The van der Waals surface area contributed by atoms with E-state index in [1.165, 1.54) is 0 Å². The van der Waals surface area contributed by atoms with Crippen molar-refractivity contribution in [3.63, 3.8) is 0 Å². The van der Waals surface area contributed by atoms with Crippen molar-refractivity contribution in [1.29, 1.82) is 0 Å². The number of fused-ring (bicyclic) bond motifs is 1. The number of ether oxygens (including phenoxy) is 1. The highest BCUT2D eigenvalue weighted by Gasteiger charge is 2.41. The summed E-state index contributed by atoms with van der Waals surface area (Å²) in [5.41, 5.74) is 1.65. The van der Waals surface area contributed by atoms with Crippen LogP contribution in [0.15, 0.2) is 24.3 Å². The molecule has 1 aliphatic carbocycles. The lowest BCUT2D eigenvalue weighted by atomic mass is 9.80. The van der Waals surface area contributed by atoms with Crippen molar-refractivity contribution in [3.05, 3.63) is 35.4 Å². The van der Waals surface area contributed by atoms with E-state index in [2.05, 4.69) is 0 Å². The van der Waals surface area contributed by atoms with Gasteiger partial charge in [-0.1, -0.05) is 31.2 Å². The summed E-state index contributed by atoms with van der Waals surface area (Å²) in [6, 6.07) is 7.27. The summed E-state index contributed by atoms with van der Waals surface area (Å²) < 4.78 is 42.6. The summed E-state index contributed by atoms with van der Waals surface area (Å²) in [7, 11) is 0. The van der Waals surface area contributed by atoms with Gasteiger partial charge in [0, 0.05) is 0 Å². The molecule has 0 aromatic heterocycles. The smallest absolute Gasteiger partial charge is 0.386 e. The summed E-state index contributed by atoms with van der Waals surface area (Å²) in [5, 5.41) is 10.2. The fourth-order valence-corrected chi connectivity index (χ4v) is 2.50. The first-order valence-corrected chi connectivity index (χ1v) is 6.29. The topological polar surface area (TPSA) is 29.5 Å². The maximum Gasteiger partial charge on any atom is 0.414 e. The number of aliphatic hydroxyl groups is 1. The van der Waals surface area contributed by atoms with E-state index in [4.69, 9.17) is 4.74 Å². The van der Waals surface area contributed by atoms with E-state index in [1.807, 2.05) is 19.1 Å². The van der Waals surface area contributed by atoms with E-state index in [1.54, 1.807) is 12.1 Å². The van der Waals surface area contributed by atoms with E-state index in [9.17, 15) is 18.3 Å². The van der Waals surface area contributed by atoms with Crippen LogP contribution in [0.3, 0.4) is 0 Å². The Bertz CT molecular complexity index is 445. The van der Waals surface area contributed by atoms with Crippen LogP contribution in [0.5, 0.6) is 0 Å².